The normalized spacial score (nSPS) is 17.1. The molecule has 2 N–H and O–H groups in total. The summed E-state index contributed by atoms with van der Waals surface area (Å²) in [5.74, 6) is -3.52. The Morgan fingerprint density at radius 2 is 1.92 bits per heavy atom. The molecular weight excluding hydrogens is 319 g/mol. The van der Waals surface area contributed by atoms with Crippen LogP contribution in [0.1, 0.15) is 27.5 Å². The zero-order valence-electron chi connectivity index (χ0n) is 12.4. The molecule has 0 spiro atoms. The maximum absolute atomic E-state index is 13.8. The number of aromatic carboxylic acids is 1. The number of carboxylic acids is 1. The van der Waals surface area contributed by atoms with Crippen LogP contribution in [0, 0.1) is 5.82 Å². The molecule has 1 saturated heterocycles. The highest BCUT2D eigenvalue weighted by molar-refractivity contribution is 6.03. The SMILES string of the molecule is O=C(O)c1ccc(C(=O)N[C@H]2CCN(c3ccccc3F)C2=O)o1. The van der Waals surface area contributed by atoms with Crippen LogP contribution in [0.4, 0.5) is 10.1 Å². The van der Waals surface area contributed by atoms with Crippen molar-refractivity contribution >= 4 is 23.5 Å². The predicted molar refractivity (Wildman–Crippen MR) is 80.3 cm³/mol. The van der Waals surface area contributed by atoms with Crippen LogP contribution in [0.5, 0.6) is 0 Å². The lowest BCUT2D eigenvalue weighted by atomic mass is 10.2. The Kier molecular flexibility index (Phi) is 4.03. The highest BCUT2D eigenvalue weighted by Crippen LogP contribution is 2.24. The number of benzene rings is 1. The number of carbonyl (C=O) groups excluding carboxylic acids is 2. The fourth-order valence-electron chi connectivity index (χ4n) is 2.53. The van der Waals surface area contributed by atoms with E-state index in [0.29, 0.717) is 6.42 Å². The first-order chi connectivity index (χ1) is 11.5. The average Bonchev–Trinajstić information content (AvgIpc) is 3.17. The molecule has 1 atom stereocenters. The second kappa shape index (κ2) is 6.15. The van der Waals surface area contributed by atoms with Gasteiger partial charge in [0, 0.05) is 6.54 Å². The van der Waals surface area contributed by atoms with Crippen LogP contribution >= 0.6 is 0 Å². The largest absolute Gasteiger partial charge is 0.475 e. The number of carboxylic acid groups (broad SMARTS) is 1. The van der Waals surface area contributed by atoms with Gasteiger partial charge in [-0.2, -0.15) is 0 Å². The van der Waals surface area contributed by atoms with E-state index in [1.54, 1.807) is 6.07 Å². The van der Waals surface area contributed by atoms with Gasteiger partial charge in [-0.05, 0) is 30.7 Å². The Hall–Kier alpha value is -3.16. The van der Waals surface area contributed by atoms with Crippen LogP contribution in [0.2, 0.25) is 0 Å². The minimum absolute atomic E-state index is 0.158. The van der Waals surface area contributed by atoms with Gasteiger partial charge < -0.3 is 19.7 Å². The van der Waals surface area contributed by atoms with Gasteiger partial charge in [0.2, 0.25) is 11.7 Å². The summed E-state index contributed by atoms with van der Waals surface area (Å²) >= 11 is 0. The lowest BCUT2D eigenvalue weighted by molar-refractivity contribution is -0.118. The molecule has 0 bridgehead atoms. The number of hydrogen-bond acceptors (Lipinski definition) is 4. The van der Waals surface area contributed by atoms with Gasteiger partial charge in [-0.1, -0.05) is 12.1 Å². The van der Waals surface area contributed by atoms with Crippen LogP contribution in [0.3, 0.4) is 0 Å². The number of rotatable bonds is 4. The molecule has 0 radical (unpaired) electrons. The fraction of sp³-hybridized carbons (Fsp3) is 0.188. The number of nitrogens with one attached hydrogen (secondary N) is 1. The Balaban J connectivity index is 1.70. The fourth-order valence-corrected chi connectivity index (χ4v) is 2.53. The topological polar surface area (TPSA) is 99.8 Å². The molecule has 2 amide bonds. The molecule has 1 aliphatic heterocycles. The van der Waals surface area contributed by atoms with Gasteiger partial charge in [0.05, 0.1) is 5.69 Å². The quantitative estimate of drug-likeness (QED) is 0.887. The molecule has 1 fully saturated rings. The maximum atomic E-state index is 13.8. The van der Waals surface area contributed by atoms with Crippen LogP contribution in [0.15, 0.2) is 40.8 Å². The van der Waals surface area contributed by atoms with Crippen molar-refractivity contribution in [2.45, 2.75) is 12.5 Å². The summed E-state index contributed by atoms with van der Waals surface area (Å²) in [5, 5.41) is 11.2. The van der Waals surface area contributed by atoms with Crippen molar-refractivity contribution in [1.82, 2.24) is 5.32 Å². The van der Waals surface area contributed by atoms with Gasteiger partial charge in [0.25, 0.3) is 5.91 Å². The minimum atomic E-state index is -1.29. The van der Waals surface area contributed by atoms with Gasteiger partial charge in [-0.3, -0.25) is 9.59 Å². The molecular formula is C16H13FN2O5. The first-order valence-electron chi connectivity index (χ1n) is 7.17. The number of amides is 2. The highest BCUT2D eigenvalue weighted by Gasteiger charge is 2.35. The Morgan fingerprint density at radius 3 is 2.58 bits per heavy atom. The molecule has 24 heavy (non-hydrogen) atoms. The van der Waals surface area contributed by atoms with Crippen molar-refractivity contribution in [3.63, 3.8) is 0 Å². The monoisotopic (exact) mass is 332 g/mol. The number of anilines is 1. The molecule has 0 aliphatic carbocycles. The summed E-state index contributed by atoms with van der Waals surface area (Å²) in [6.45, 7) is 0.267. The minimum Gasteiger partial charge on any atom is -0.475 e. The smallest absolute Gasteiger partial charge is 0.371 e. The number of furan rings is 1. The van der Waals surface area contributed by atoms with Gasteiger partial charge >= 0.3 is 5.97 Å². The van der Waals surface area contributed by atoms with Crippen LogP contribution in [-0.2, 0) is 4.79 Å². The standard InChI is InChI=1S/C16H13FN2O5/c17-9-3-1-2-4-11(9)19-8-7-10(15(19)21)18-14(20)12-5-6-13(24-12)16(22)23/h1-6,10H,7-8H2,(H,18,20)(H,22,23)/t10-/m0/s1. The maximum Gasteiger partial charge on any atom is 0.371 e. The van der Waals surface area contributed by atoms with Gasteiger partial charge in [-0.25, -0.2) is 9.18 Å². The first kappa shape index (κ1) is 15.7. The Bertz CT molecular complexity index is 816. The predicted octanol–water partition coefficient (Wildman–Crippen LogP) is 1.65. The van der Waals surface area contributed by atoms with Crippen LogP contribution in [-0.4, -0.2) is 35.5 Å². The van der Waals surface area contributed by atoms with E-state index in [1.807, 2.05) is 0 Å². The van der Waals surface area contributed by atoms with Gasteiger partial charge in [0.15, 0.2) is 5.76 Å². The summed E-state index contributed by atoms with van der Waals surface area (Å²) in [6.07, 6.45) is 0.311. The van der Waals surface area contributed by atoms with Crippen molar-refractivity contribution in [1.29, 1.82) is 0 Å². The molecule has 8 heteroatoms. The molecule has 1 aromatic carbocycles. The molecule has 2 aromatic rings. The van der Waals surface area contributed by atoms with Crippen molar-refractivity contribution in [3.05, 3.63) is 53.7 Å². The number of para-hydroxylation sites is 1. The van der Waals surface area contributed by atoms with E-state index < -0.39 is 29.6 Å². The van der Waals surface area contributed by atoms with E-state index in [-0.39, 0.29) is 23.8 Å². The number of carbonyl (C=O) groups is 3. The second-order valence-electron chi connectivity index (χ2n) is 5.23. The van der Waals surface area contributed by atoms with Crippen LogP contribution < -0.4 is 10.2 Å². The highest BCUT2D eigenvalue weighted by atomic mass is 19.1. The van der Waals surface area contributed by atoms with Gasteiger partial charge in [0.1, 0.15) is 11.9 Å². The lowest BCUT2D eigenvalue weighted by Gasteiger charge is -2.17. The molecule has 2 heterocycles. The van der Waals surface area contributed by atoms with Crippen molar-refractivity contribution in [3.8, 4) is 0 Å². The average molecular weight is 332 g/mol. The Labute approximate surface area is 135 Å². The van der Waals surface area contributed by atoms with Gasteiger partial charge in [-0.15, -0.1) is 0 Å². The molecule has 7 nitrogen and oxygen atoms in total. The molecule has 124 valence electrons. The van der Waals surface area contributed by atoms with E-state index in [0.717, 1.165) is 6.07 Å². The third-order valence-electron chi connectivity index (χ3n) is 3.69. The molecule has 3 rings (SSSR count). The molecule has 0 unspecified atom stereocenters. The third kappa shape index (κ3) is 2.85. The van der Waals surface area contributed by atoms with Crippen molar-refractivity contribution < 1.29 is 28.3 Å². The van der Waals surface area contributed by atoms with E-state index >= 15 is 0 Å². The summed E-state index contributed by atoms with van der Waals surface area (Å²) < 4.78 is 18.7. The molecule has 0 saturated carbocycles. The van der Waals surface area contributed by atoms with E-state index in [4.69, 9.17) is 9.52 Å². The number of halogens is 1. The second-order valence-corrected chi connectivity index (χ2v) is 5.23. The van der Waals surface area contributed by atoms with Crippen molar-refractivity contribution in [2.24, 2.45) is 0 Å². The van der Waals surface area contributed by atoms with E-state index in [2.05, 4.69) is 5.32 Å². The van der Waals surface area contributed by atoms with E-state index in [1.165, 1.54) is 29.2 Å². The summed E-state index contributed by atoms with van der Waals surface area (Å²) in [6, 6.07) is 7.43. The summed E-state index contributed by atoms with van der Waals surface area (Å²) in [4.78, 5) is 36.4. The van der Waals surface area contributed by atoms with Crippen LogP contribution in [0.25, 0.3) is 0 Å². The number of hydrogen-bond donors (Lipinski definition) is 2. The summed E-state index contributed by atoms with van der Waals surface area (Å²) in [7, 11) is 0. The molecule has 1 aromatic heterocycles. The third-order valence-corrected chi connectivity index (χ3v) is 3.69. The Morgan fingerprint density at radius 1 is 1.21 bits per heavy atom. The zero-order chi connectivity index (χ0) is 17.3. The zero-order valence-corrected chi connectivity index (χ0v) is 12.4. The summed E-state index contributed by atoms with van der Waals surface area (Å²) in [5.41, 5.74) is 0.158. The van der Waals surface area contributed by atoms with E-state index in [9.17, 15) is 18.8 Å². The first-order valence-corrected chi connectivity index (χ1v) is 7.17. The lowest BCUT2D eigenvalue weighted by Crippen LogP contribution is -2.41. The molecule has 1 aliphatic rings. The van der Waals surface area contributed by atoms with Crippen molar-refractivity contribution in [2.75, 3.05) is 11.4 Å². The number of nitrogens with zero attached hydrogens (tertiary/aromatic N) is 1.